The van der Waals surface area contributed by atoms with Crippen LogP contribution in [-0.4, -0.2) is 19.3 Å². The summed E-state index contributed by atoms with van der Waals surface area (Å²) in [6, 6.07) is 5.67. The molecule has 0 saturated heterocycles. The third-order valence-electron chi connectivity index (χ3n) is 3.38. The number of rotatable bonds is 3. The molecule has 0 saturated carbocycles. The predicted molar refractivity (Wildman–Crippen MR) is 89.0 cm³/mol. The molecule has 0 atom stereocenters. The van der Waals surface area contributed by atoms with Gasteiger partial charge in [-0.2, -0.15) is 5.10 Å². The number of aromatic nitrogens is 4. The summed E-state index contributed by atoms with van der Waals surface area (Å²) in [5, 5.41) is 5.20. The number of hydrogen-bond acceptors (Lipinski definition) is 3. The Labute approximate surface area is 135 Å². The molecule has 21 heavy (non-hydrogen) atoms. The van der Waals surface area contributed by atoms with Gasteiger partial charge in [-0.25, -0.2) is 9.67 Å². The summed E-state index contributed by atoms with van der Waals surface area (Å²) in [5.74, 6) is 0.449. The van der Waals surface area contributed by atoms with Crippen molar-refractivity contribution in [1.29, 1.82) is 0 Å². The first-order chi connectivity index (χ1) is 10.0. The van der Waals surface area contributed by atoms with Crippen molar-refractivity contribution in [2.45, 2.75) is 19.8 Å². The van der Waals surface area contributed by atoms with Gasteiger partial charge in [0.15, 0.2) is 5.65 Å². The second-order valence-corrected chi connectivity index (χ2v) is 6.16. The summed E-state index contributed by atoms with van der Waals surface area (Å²) in [6.45, 7) is 2.12. The van der Waals surface area contributed by atoms with E-state index in [-0.39, 0.29) is 0 Å². The van der Waals surface area contributed by atoms with Crippen LogP contribution < -0.4 is 5.73 Å². The van der Waals surface area contributed by atoms with E-state index in [4.69, 9.17) is 17.3 Å². The molecule has 2 N–H and O–H groups in total. The summed E-state index contributed by atoms with van der Waals surface area (Å²) in [5.41, 5.74) is 9.75. The van der Waals surface area contributed by atoms with E-state index in [1.54, 1.807) is 0 Å². The number of aryl methyl sites for hydroxylation is 2. The van der Waals surface area contributed by atoms with E-state index in [2.05, 4.69) is 32.9 Å². The van der Waals surface area contributed by atoms with Crippen molar-refractivity contribution in [3.8, 4) is 5.69 Å². The smallest absolute Gasteiger partial charge is 0.207 e. The molecule has 110 valence electrons. The molecule has 2 heterocycles. The second kappa shape index (κ2) is 5.35. The van der Waals surface area contributed by atoms with Crippen LogP contribution in [0.5, 0.6) is 0 Å². The number of anilines is 1. The number of halogens is 2. The fourth-order valence-corrected chi connectivity index (χ4v) is 2.96. The Kier molecular flexibility index (Phi) is 3.67. The summed E-state index contributed by atoms with van der Waals surface area (Å²) >= 11 is 9.50. The van der Waals surface area contributed by atoms with Gasteiger partial charge in [0.1, 0.15) is 5.52 Å². The number of fused-ring (bicyclic) bond motifs is 1. The van der Waals surface area contributed by atoms with E-state index in [1.807, 2.05) is 34.5 Å². The molecule has 0 aliphatic carbocycles. The molecule has 0 amide bonds. The molecule has 7 heteroatoms. The molecule has 0 radical (unpaired) electrons. The van der Waals surface area contributed by atoms with Crippen LogP contribution in [0.25, 0.3) is 16.9 Å². The lowest BCUT2D eigenvalue weighted by Crippen LogP contribution is -2.05. The molecular formula is C14H15BrClN5. The van der Waals surface area contributed by atoms with Crippen molar-refractivity contribution in [2.75, 3.05) is 5.73 Å². The number of nitrogens with two attached hydrogens (primary N) is 1. The summed E-state index contributed by atoms with van der Waals surface area (Å²) in [4.78, 5) is 4.49. The minimum Gasteiger partial charge on any atom is -0.369 e. The summed E-state index contributed by atoms with van der Waals surface area (Å²) < 4.78 is 4.54. The third kappa shape index (κ3) is 2.32. The number of imidazole rings is 1. The Morgan fingerprint density at radius 1 is 1.38 bits per heavy atom. The topological polar surface area (TPSA) is 61.7 Å². The zero-order valence-corrected chi connectivity index (χ0v) is 14.1. The number of benzene rings is 1. The average Bonchev–Trinajstić information content (AvgIpc) is 2.92. The lowest BCUT2D eigenvalue weighted by atomic mass is 10.2. The summed E-state index contributed by atoms with van der Waals surface area (Å²) in [6.07, 6.45) is 1.91. The Morgan fingerprint density at radius 2 is 2.14 bits per heavy atom. The van der Waals surface area contributed by atoms with Crippen molar-refractivity contribution in [3.05, 3.63) is 33.4 Å². The van der Waals surface area contributed by atoms with Gasteiger partial charge in [-0.05, 0) is 40.5 Å². The summed E-state index contributed by atoms with van der Waals surface area (Å²) in [7, 11) is 1.91. The average molecular weight is 369 g/mol. The lowest BCUT2D eigenvalue weighted by molar-refractivity contribution is 0.737. The highest BCUT2D eigenvalue weighted by molar-refractivity contribution is 9.10. The molecule has 0 fully saturated rings. The third-order valence-corrected chi connectivity index (χ3v) is 4.59. The molecule has 0 spiro atoms. The van der Waals surface area contributed by atoms with Crippen LogP contribution in [0.1, 0.15) is 19.0 Å². The minimum atomic E-state index is 0.449. The van der Waals surface area contributed by atoms with E-state index in [0.29, 0.717) is 11.0 Å². The molecule has 3 rings (SSSR count). The Hall–Kier alpha value is -1.53. The first-order valence-electron chi connectivity index (χ1n) is 6.68. The maximum absolute atomic E-state index is 6.11. The van der Waals surface area contributed by atoms with Crippen molar-refractivity contribution >= 4 is 44.6 Å². The molecule has 1 aromatic carbocycles. The molecule has 3 aromatic rings. The standard InChI is InChI=1S/C14H15BrClN5/c1-3-4-11-12-13(20(2)19-11)21(14(17)18-12)8-5-6-10(16)9(15)7-8/h5-7H,3-4H2,1-2H3,(H2,17,18). The van der Waals surface area contributed by atoms with Crippen LogP contribution in [0.4, 0.5) is 5.95 Å². The van der Waals surface area contributed by atoms with Crippen molar-refractivity contribution < 1.29 is 0 Å². The molecule has 5 nitrogen and oxygen atoms in total. The van der Waals surface area contributed by atoms with Gasteiger partial charge in [-0.3, -0.25) is 4.57 Å². The highest BCUT2D eigenvalue weighted by atomic mass is 79.9. The van der Waals surface area contributed by atoms with Crippen LogP contribution in [0, 0.1) is 0 Å². The van der Waals surface area contributed by atoms with Gasteiger partial charge in [0.05, 0.1) is 16.4 Å². The number of nitrogens with zero attached hydrogens (tertiary/aromatic N) is 4. The van der Waals surface area contributed by atoms with Gasteiger partial charge >= 0.3 is 0 Å². The van der Waals surface area contributed by atoms with Crippen molar-refractivity contribution in [3.63, 3.8) is 0 Å². The zero-order chi connectivity index (χ0) is 15.1. The van der Waals surface area contributed by atoms with Crippen LogP contribution in [-0.2, 0) is 13.5 Å². The Morgan fingerprint density at radius 3 is 2.81 bits per heavy atom. The fourth-order valence-electron chi connectivity index (χ4n) is 2.48. The maximum atomic E-state index is 6.11. The van der Waals surface area contributed by atoms with Gasteiger partial charge in [0, 0.05) is 11.5 Å². The van der Waals surface area contributed by atoms with E-state index in [9.17, 15) is 0 Å². The van der Waals surface area contributed by atoms with Crippen LogP contribution >= 0.6 is 27.5 Å². The normalized spacial score (nSPS) is 11.4. The van der Waals surface area contributed by atoms with Crippen LogP contribution in [0.3, 0.4) is 0 Å². The molecule has 0 aliphatic rings. The van der Waals surface area contributed by atoms with Crippen LogP contribution in [0.2, 0.25) is 5.02 Å². The van der Waals surface area contributed by atoms with Crippen molar-refractivity contribution in [2.24, 2.45) is 7.05 Å². The predicted octanol–water partition coefficient (Wildman–Crippen LogP) is 3.71. The van der Waals surface area contributed by atoms with Gasteiger partial charge in [0.2, 0.25) is 5.95 Å². The van der Waals surface area contributed by atoms with Gasteiger partial charge < -0.3 is 5.73 Å². The van der Waals surface area contributed by atoms with Gasteiger partial charge in [-0.1, -0.05) is 24.9 Å². The first kappa shape index (κ1) is 14.4. The second-order valence-electron chi connectivity index (χ2n) is 4.90. The van der Waals surface area contributed by atoms with Crippen molar-refractivity contribution in [1.82, 2.24) is 19.3 Å². The SMILES string of the molecule is CCCc1nn(C)c2c1nc(N)n2-c1ccc(Cl)c(Br)c1. The number of nitrogen functional groups attached to an aromatic ring is 1. The molecule has 2 aromatic heterocycles. The molecule has 0 unspecified atom stereocenters. The van der Waals surface area contributed by atoms with Crippen LogP contribution in [0.15, 0.2) is 22.7 Å². The zero-order valence-electron chi connectivity index (χ0n) is 11.8. The molecular weight excluding hydrogens is 354 g/mol. The van der Waals surface area contributed by atoms with E-state index in [0.717, 1.165) is 39.9 Å². The number of hydrogen-bond donors (Lipinski definition) is 1. The van der Waals surface area contributed by atoms with E-state index >= 15 is 0 Å². The fraction of sp³-hybridized carbons (Fsp3) is 0.286. The largest absolute Gasteiger partial charge is 0.369 e. The lowest BCUT2D eigenvalue weighted by Gasteiger charge is -2.08. The molecule has 0 bridgehead atoms. The van der Waals surface area contributed by atoms with Gasteiger partial charge in [0.25, 0.3) is 0 Å². The highest BCUT2D eigenvalue weighted by Crippen LogP contribution is 2.30. The Bertz CT molecular complexity index is 820. The van der Waals surface area contributed by atoms with E-state index < -0.39 is 0 Å². The maximum Gasteiger partial charge on any atom is 0.207 e. The van der Waals surface area contributed by atoms with Gasteiger partial charge in [-0.15, -0.1) is 0 Å². The van der Waals surface area contributed by atoms with E-state index in [1.165, 1.54) is 0 Å². The molecule has 0 aliphatic heterocycles. The quantitative estimate of drug-likeness (QED) is 0.766. The first-order valence-corrected chi connectivity index (χ1v) is 7.85. The minimum absolute atomic E-state index is 0.449. The highest BCUT2D eigenvalue weighted by Gasteiger charge is 2.18. The monoisotopic (exact) mass is 367 g/mol. The Balaban J connectivity index is 2.27.